The number of aryl methyl sites for hydroxylation is 1. The van der Waals surface area contributed by atoms with Crippen molar-refractivity contribution in [1.29, 1.82) is 0 Å². The number of carbonyl (C=O) groups excluding carboxylic acids is 1. The largest absolute Gasteiger partial charge is 0.323 e. The lowest BCUT2D eigenvalue weighted by molar-refractivity contribution is 0.262. The standard InChI is InChI=1S/C13H12FN3O/c1-9-4-5-10(7-12(9)14)16-13(18)17-11-3-2-6-15-8-11/h2-8H,1H3,(H2,16,17,18). The number of urea groups is 1. The number of anilines is 2. The Hall–Kier alpha value is -2.43. The Bertz CT molecular complexity index is 557. The molecule has 1 aromatic carbocycles. The molecule has 5 heteroatoms. The summed E-state index contributed by atoms with van der Waals surface area (Å²) in [6, 6.07) is 7.50. The van der Waals surface area contributed by atoms with Gasteiger partial charge in [-0.05, 0) is 36.8 Å². The van der Waals surface area contributed by atoms with E-state index in [4.69, 9.17) is 0 Å². The van der Waals surface area contributed by atoms with E-state index >= 15 is 0 Å². The Labute approximate surface area is 104 Å². The molecule has 92 valence electrons. The summed E-state index contributed by atoms with van der Waals surface area (Å²) in [7, 11) is 0. The zero-order valence-corrected chi connectivity index (χ0v) is 9.77. The van der Waals surface area contributed by atoms with E-state index in [0.717, 1.165) is 0 Å². The Balaban J connectivity index is 2.01. The van der Waals surface area contributed by atoms with E-state index in [-0.39, 0.29) is 5.82 Å². The van der Waals surface area contributed by atoms with Gasteiger partial charge in [-0.15, -0.1) is 0 Å². The van der Waals surface area contributed by atoms with E-state index in [1.54, 1.807) is 37.4 Å². The zero-order chi connectivity index (χ0) is 13.0. The Morgan fingerprint density at radius 1 is 1.22 bits per heavy atom. The van der Waals surface area contributed by atoms with E-state index in [2.05, 4.69) is 15.6 Å². The number of pyridine rings is 1. The highest BCUT2D eigenvalue weighted by atomic mass is 19.1. The minimum Gasteiger partial charge on any atom is -0.308 e. The lowest BCUT2D eigenvalue weighted by Gasteiger charge is -2.07. The van der Waals surface area contributed by atoms with Gasteiger partial charge in [0.2, 0.25) is 0 Å². The average Bonchev–Trinajstić information content (AvgIpc) is 2.35. The SMILES string of the molecule is Cc1ccc(NC(=O)Nc2cccnc2)cc1F. The molecule has 0 saturated carbocycles. The van der Waals surface area contributed by atoms with Crippen LogP contribution < -0.4 is 10.6 Å². The molecule has 1 heterocycles. The first kappa shape index (κ1) is 12.0. The average molecular weight is 245 g/mol. The number of nitrogens with zero attached hydrogens (tertiary/aromatic N) is 1. The monoisotopic (exact) mass is 245 g/mol. The van der Waals surface area contributed by atoms with Gasteiger partial charge < -0.3 is 10.6 Å². The Kier molecular flexibility index (Phi) is 3.52. The fraction of sp³-hybridized carbons (Fsp3) is 0.0769. The molecule has 18 heavy (non-hydrogen) atoms. The highest BCUT2D eigenvalue weighted by Gasteiger charge is 2.04. The summed E-state index contributed by atoms with van der Waals surface area (Å²) in [6.07, 6.45) is 3.13. The third-order valence-electron chi connectivity index (χ3n) is 2.35. The first-order valence-electron chi connectivity index (χ1n) is 5.39. The molecule has 0 aliphatic heterocycles. The summed E-state index contributed by atoms with van der Waals surface area (Å²) in [5, 5.41) is 5.13. The number of rotatable bonds is 2. The Morgan fingerprint density at radius 3 is 2.67 bits per heavy atom. The number of halogens is 1. The highest BCUT2D eigenvalue weighted by Crippen LogP contribution is 2.14. The normalized spacial score (nSPS) is 9.89. The van der Waals surface area contributed by atoms with Crippen LogP contribution in [-0.4, -0.2) is 11.0 Å². The van der Waals surface area contributed by atoms with Gasteiger partial charge in [-0.25, -0.2) is 9.18 Å². The molecule has 2 amide bonds. The third kappa shape index (κ3) is 3.04. The van der Waals surface area contributed by atoms with Gasteiger partial charge in [0.25, 0.3) is 0 Å². The molecule has 0 radical (unpaired) electrons. The molecular formula is C13H12FN3O. The highest BCUT2D eigenvalue weighted by molar-refractivity contribution is 5.99. The maximum atomic E-state index is 13.3. The molecule has 0 aliphatic rings. The molecule has 0 bridgehead atoms. The second-order valence-electron chi connectivity index (χ2n) is 3.78. The first-order valence-corrected chi connectivity index (χ1v) is 5.39. The maximum Gasteiger partial charge on any atom is 0.323 e. The van der Waals surface area contributed by atoms with Crippen LogP contribution in [-0.2, 0) is 0 Å². The van der Waals surface area contributed by atoms with Crippen molar-refractivity contribution in [2.45, 2.75) is 6.92 Å². The second kappa shape index (κ2) is 5.27. The number of aromatic nitrogens is 1. The second-order valence-corrected chi connectivity index (χ2v) is 3.78. The number of benzene rings is 1. The molecule has 0 unspecified atom stereocenters. The quantitative estimate of drug-likeness (QED) is 0.853. The number of nitrogens with one attached hydrogen (secondary N) is 2. The van der Waals surface area contributed by atoms with Crippen molar-refractivity contribution < 1.29 is 9.18 Å². The number of hydrogen-bond acceptors (Lipinski definition) is 2. The van der Waals surface area contributed by atoms with Crippen LogP contribution in [0.5, 0.6) is 0 Å². The minimum atomic E-state index is -0.439. The summed E-state index contributed by atoms with van der Waals surface area (Å²) in [5.74, 6) is -0.353. The van der Waals surface area contributed by atoms with Gasteiger partial charge in [0, 0.05) is 11.9 Å². The van der Waals surface area contributed by atoms with E-state index in [1.807, 2.05) is 0 Å². The fourth-order valence-electron chi connectivity index (χ4n) is 1.40. The molecule has 0 spiro atoms. The van der Waals surface area contributed by atoms with Crippen molar-refractivity contribution in [3.63, 3.8) is 0 Å². The molecule has 0 saturated heterocycles. The van der Waals surface area contributed by atoms with Gasteiger partial charge >= 0.3 is 6.03 Å². The summed E-state index contributed by atoms with van der Waals surface area (Å²) < 4.78 is 13.3. The van der Waals surface area contributed by atoms with Gasteiger partial charge in [-0.1, -0.05) is 6.07 Å². The summed E-state index contributed by atoms with van der Waals surface area (Å²) in [5.41, 5.74) is 1.51. The van der Waals surface area contributed by atoms with Gasteiger partial charge in [0.05, 0.1) is 11.9 Å². The summed E-state index contributed by atoms with van der Waals surface area (Å²) in [6.45, 7) is 1.66. The van der Waals surface area contributed by atoms with Crippen LogP contribution in [0.3, 0.4) is 0 Å². The fourth-order valence-corrected chi connectivity index (χ4v) is 1.40. The van der Waals surface area contributed by atoms with Crippen LogP contribution in [0.25, 0.3) is 0 Å². The lowest BCUT2D eigenvalue weighted by Crippen LogP contribution is -2.19. The maximum absolute atomic E-state index is 13.3. The number of carbonyl (C=O) groups is 1. The minimum absolute atomic E-state index is 0.353. The van der Waals surface area contributed by atoms with Gasteiger partial charge in [-0.2, -0.15) is 0 Å². The van der Waals surface area contributed by atoms with Crippen molar-refractivity contribution >= 4 is 17.4 Å². The van der Waals surface area contributed by atoms with Crippen LogP contribution in [0, 0.1) is 12.7 Å². The van der Waals surface area contributed by atoms with E-state index in [1.165, 1.54) is 12.3 Å². The van der Waals surface area contributed by atoms with E-state index in [9.17, 15) is 9.18 Å². The van der Waals surface area contributed by atoms with Crippen molar-refractivity contribution in [3.05, 3.63) is 54.1 Å². The molecule has 0 aliphatic carbocycles. The Morgan fingerprint density at radius 2 is 2.00 bits per heavy atom. The lowest BCUT2D eigenvalue weighted by atomic mass is 10.2. The predicted molar refractivity (Wildman–Crippen MR) is 68.0 cm³/mol. The van der Waals surface area contributed by atoms with Crippen LogP contribution in [0.2, 0.25) is 0 Å². The summed E-state index contributed by atoms with van der Waals surface area (Å²) >= 11 is 0. The zero-order valence-electron chi connectivity index (χ0n) is 9.77. The number of amides is 2. The van der Waals surface area contributed by atoms with Crippen molar-refractivity contribution in [2.24, 2.45) is 0 Å². The van der Waals surface area contributed by atoms with Crippen molar-refractivity contribution in [1.82, 2.24) is 4.98 Å². The molecular weight excluding hydrogens is 233 g/mol. The van der Waals surface area contributed by atoms with Gasteiger partial charge in [-0.3, -0.25) is 4.98 Å². The van der Waals surface area contributed by atoms with E-state index < -0.39 is 6.03 Å². The van der Waals surface area contributed by atoms with Crippen LogP contribution in [0.15, 0.2) is 42.7 Å². The molecule has 0 fully saturated rings. The summed E-state index contributed by atoms with van der Waals surface area (Å²) in [4.78, 5) is 15.5. The van der Waals surface area contributed by atoms with Gasteiger partial charge in [0.1, 0.15) is 5.82 Å². The molecule has 2 aromatic rings. The molecule has 0 atom stereocenters. The molecule has 1 aromatic heterocycles. The topological polar surface area (TPSA) is 54.0 Å². The number of hydrogen-bond donors (Lipinski definition) is 2. The van der Waals surface area contributed by atoms with Crippen LogP contribution in [0.1, 0.15) is 5.56 Å². The van der Waals surface area contributed by atoms with Crippen LogP contribution in [0.4, 0.5) is 20.6 Å². The predicted octanol–water partition coefficient (Wildman–Crippen LogP) is 3.17. The van der Waals surface area contributed by atoms with Gasteiger partial charge in [0.15, 0.2) is 0 Å². The van der Waals surface area contributed by atoms with Crippen molar-refractivity contribution in [3.8, 4) is 0 Å². The first-order chi connectivity index (χ1) is 8.65. The van der Waals surface area contributed by atoms with Crippen LogP contribution >= 0.6 is 0 Å². The smallest absolute Gasteiger partial charge is 0.308 e. The third-order valence-corrected chi connectivity index (χ3v) is 2.35. The molecule has 2 N–H and O–H groups in total. The molecule has 4 nitrogen and oxygen atoms in total. The van der Waals surface area contributed by atoms with Crippen molar-refractivity contribution in [2.75, 3.05) is 10.6 Å². The molecule has 2 rings (SSSR count). The van der Waals surface area contributed by atoms with E-state index in [0.29, 0.717) is 16.9 Å².